The van der Waals surface area contributed by atoms with E-state index in [4.69, 9.17) is 10.5 Å². The van der Waals surface area contributed by atoms with E-state index in [-0.39, 0.29) is 25.1 Å². The van der Waals surface area contributed by atoms with Crippen LogP contribution in [0.15, 0.2) is 84.9 Å². The maximum absolute atomic E-state index is 13.4. The third-order valence-electron chi connectivity index (χ3n) is 8.88. The molecule has 0 fully saturated rings. The molecule has 0 bridgehead atoms. The quantitative estimate of drug-likeness (QED) is 0.0527. The lowest BCUT2D eigenvalue weighted by Crippen LogP contribution is -2.57. The maximum atomic E-state index is 13.4. The molecule has 14 heteroatoms. The second-order valence-corrected chi connectivity index (χ2v) is 13.0. The molecule has 0 aliphatic rings. The van der Waals surface area contributed by atoms with E-state index in [9.17, 15) is 28.8 Å². The standard InChI is InChI=1S/C40H49N7O7/c1-25(44-38(51)32(17-10-11-22-41)47-39(52)33-23-29-30(45-33)18-12-19-34(29)54-3)36(49)43-26(2)37(50)46-31(21-20-27-13-6-4-7-14-27)35(48)40(53)42-24-28-15-8-5-9-16-28/h4-9,12-16,18-19,23,25-26,31-32,45H,10-11,17,20-22,24,41H2,1-3H3,(H,42,53)(H,43,49)(H,44,51)(H,46,50)(H,47,52)/t25-,26-,31-,32-/m0/s1. The van der Waals surface area contributed by atoms with Gasteiger partial charge in [-0.25, -0.2) is 0 Å². The fraction of sp³-hybridized carbons (Fsp3) is 0.350. The molecule has 0 spiro atoms. The van der Waals surface area contributed by atoms with Gasteiger partial charge in [-0.3, -0.25) is 28.8 Å². The van der Waals surface area contributed by atoms with E-state index in [1.807, 2.05) is 60.7 Å². The molecule has 0 saturated heterocycles. The van der Waals surface area contributed by atoms with Crippen molar-refractivity contribution in [2.75, 3.05) is 13.7 Å². The molecule has 8 N–H and O–H groups in total. The first kappa shape index (κ1) is 40.7. The predicted octanol–water partition coefficient (Wildman–Crippen LogP) is 2.42. The van der Waals surface area contributed by atoms with Gasteiger partial charge in [-0.1, -0.05) is 66.7 Å². The predicted molar refractivity (Wildman–Crippen MR) is 204 cm³/mol. The Kier molecular flexibility index (Phi) is 15.3. The summed E-state index contributed by atoms with van der Waals surface area (Å²) >= 11 is 0. The number of fused-ring (bicyclic) bond motifs is 1. The van der Waals surface area contributed by atoms with Crippen molar-refractivity contribution >= 4 is 46.2 Å². The van der Waals surface area contributed by atoms with E-state index in [1.54, 1.807) is 24.3 Å². The molecule has 1 aromatic heterocycles. The minimum Gasteiger partial charge on any atom is -0.496 e. The number of amides is 5. The van der Waals surface area contributed by atoms with Gasteiger partial charge in [-0.05, 0) is 81.8 Å². The molecule has 3 aromatic carbocycles. The number of aromatic nitrogens is 1. The Morgan fingerprint density at radius 1 is 0.704 bits per heavy atom. The molecule has 0 radical (unpaired) electrons. The van der Waals surface area contributed by atoms with Crippen molar-refractivity contribution in [1.29, 1.82) is 0 Å². The monoisotopic (exact) mass is 739 g/mol. The van der Waals surface area contributed by atoms with Gasteiger partial charge in [0, 0.05) is 17.4 Å². The number of ketones is 1. The molecule has 0 saturated carbocycles. The highest BCUT2D eigenvalue weighted by Crippen LogP contribution is 2.26. The molecule has 0 unspecified atom stereocenters. The summed E-state index contributed by atoms with van der Waals surface area (Å²) in [5.74, 6) is -3.55. The second kappa shape index (κ2) is 20.3. The molecule has 14 nitrogen and oxygen atoms in total. The lowest BCUT2D eigenvalue weighted by molar-refractivity contribution is -0.140. The Balaban J connectivity index is 1.36. The van der Waals surface area contributed by atoms with Gasteiger partial charge in [0.15, 0.2) is 0 Å². The van der Waals surface area contributed by atoms with Crippen molar-refractivity contribution in [2.24, 2.45) is 5.73 Å². The average molecular weight is 740 g/mol. The van der Waals surface area contributed by atoms with E-state index >= 15 is 0 Å². The van der Waals surface area contributed by atoms with Crippen LogP contribution >= 0.6 is 0 Å². The molecule has 4 rings (SSSR count). The Bertz CT molecular complexity index is 1900. The average Bonchev–Trinajstić information content (AvgIpc) is 3.63. The fourth-order valence-corrected chi connectivity index (χ4v) is 5.75. The van der Waals surface area contributed by atoms with E-state index in [1.165, 1.54) is 21.0 Å². The number of H-pyrrole nitrogens is 1. The SMILES string of the molecule is COc1cccc2[nH]c(C(=O)N[C@@H](CCCCN)C(=O)N[C@@H](C)C(=O)N[C@@H](C)C(=O)N[C@@H](CCc3ccccc3)C(=O)C(=O)NCc3ccccc3)cc12. The number of unbranched alkanes of at least 4 members (excludes halogenated alkanes) is 1. The van der Waals surface area contributed by atoms with Gasteiger partial charge in [-0.2, -0.15) is 0 Å². The zero-order valence-corrected chi connectivity index (χ0v) is 30.8. The van der Waals surface area contributed by atoms with Crippen LogP contribution in [0.1, 0.15) is 61.1 Å². The van der Waals surface area contributed by atoms with Gasteiger partial charge in [0.25, 0.3) is 11.8 Å². The second-order valence-electron chi connectivity index (χ2n) is 13.0. The number of methoxy groups -OCH3 is 1. The molecule has 4 atom stereocenters. The molecule has 1 heterocycles. The minimum absolute atomic E-state index is 0.136. The number of benzene rings is 3. The van der Waals surface area contributed by atoms with Crippen molar-refractivity contribution in [1.82, 2.24) is 31.6 Å². The lowest BCUT2D eigenvalue weighted by atomic mass is 10.0. The summed E-state index contributed by atoms with van der Waals surface area (Å²) in [6.45, 7) is 3.42. The topological polar surface area (TPSA) is 214 Å². The number of nitrogens with one attached hydrogen (secondary N) is 6. The maximum Gasteiger partial charge on any atom is 0.289 e. The van der Waals surface area contributed by atoms with Gasteiger partial charge in [-0.15, -0.1) is 0 Å². The molecule has 0 aliphatic carbocycles. The molecule has 4 aromatic rings. The van der Waals surface area contributed by atoms with Crippen LogP contribution < -0.4 is 37.1 Å². The molecular weight excluding hydrogens is 690 g/mol. The zero-order chi connectivity index (χ0) is 39.0. The number of rotatable bonds is 20. The summed E-state index contributed by atoms with van der Waals surface area (Å²) in [5, 5.41) is 13.9. The van der Waals surface area contributed by atoms with Crippen LogP contribution in [0.25, 0.3) is 10.9 Å². The minimum atomic E-state index is -1.17. The van der Waals surface area contributed by atoms with Crippen LogP contribution in [0.3, 0.4) is 0 Å². The molecule has 286 valence electrons. The van der Waals surface area contributed by atoms with E-state index in [2.05, 4.69) is 31.6 Å². The normalized spacial score (nSPS) is 13.1. The summed E-state index contributed by atoms with van der Waals surface area (Å²) in [4.78, 5) is 82.3. The van der Waals surface area contributed by atoms with Crippen LogP contribution in [-0.4, -0.2) is 78.1 Å². The Hall–Kier alpha value is -6.02. The van der Waals surface area contributed by atoms with Gasteiger partial charge >= 0.3 is 0 Å². The number of aromatic amines is 1. The van der Waals surface area contributed by atoms with Gasteiger partial charge < -0.3 is 42.0 Å². The highest BCUT2D eigenvalue weighted by Gasteiger charge is 2.30. The molecule has 0 aliphatic heterocycles. The number of nitrogens with two attached hydrogens (primary N) is 1. The van der Waals surface area contributed by atoms with Crippen molar-refractivity contribution in [2.45, 2.75) is 76.7 Å². The van der Waals surface area contributed by atoms with Crippen molar-refractivity contribution in [3.63, 3.8) is 0 Å². The van der Waals surface area contributed by atoms with E-state index < -0.39 is 59.5 Å². The summed E-state index contributed by atoms with van der Waals surface area (Å²) in [5.41, 5.74) is 8.29. The molecular formula is C40H49N7O7. The number of aryl methyl sites for hydroxylation is 1. The highest BCUT2D eigenvalue weighted by atomic mass is 16.5. The van der Waals surface area contributed by atoms with Crippen molar-refractivity contribution in [3.05, 3.63) is 102 Å². The van der Waals surface area contributed by atoms with Crippen LogP contribution in [0.2, 0.25) is 0 Å². The lowest BCUT2D eigenvalue weighted by Gasteiger charge is -2.23. The Morgan fingerprint density at radius 2 is 1.33 bits per heavy atom. The highest BCUT2D eigenvalue weighted by molar-refractivity contribution is 6.38. The van der Waals surface area contributed by atoms with Crippen molar-refractivity contribution < 1.29 is 33.5 Å². The first-order chi connectivity index (χ1) is 26.0. The number of hydrogen-bond donors (Lipinski definition) is 7. The van der Waals surface area contributed by atoms with E-state index in [0.717, 1.165) is 11.1 Å². The number of Topliss-reactive ketones (excluding diaryl/α,β-unsaturated/α-hetero) is 1. The summed E-state index contributed by atoms with van der Waals surface area (Å²) in [6, 6.07) is 21.0. The summed E-state index contributed by atoms with van der Waals surface area (Å²) in [6.07, 6.45) is 1.98. The zero-order valence-electron chi connectivity index (χ0n) is 30.8. The van der Waals surface area contributed by atoms with Crippen LogP contribution in [0.4, 0.5) is 0 Å². The molecule has 5 amide bonds. The Morgan fingerprint density at radius 3 is 1.98 bits per heavy atom. The van der Waals surface area contributed by atoms with Gasteiger partial charge in [0.05, 0.1) is 13.2 Å². The fourth-order valence-electron chi connectivity index (χ4n) is 5.75. The van der Waals surface area contributed by atoms with Crippen LogP contribution in [0.5, 0.6) is 5.75 Å². The van der Waals surface area contributed by atoms with Gasteiger partial charge in [0.2, 0.25) is 23.5 Å². The number of ether oxygens (including phenoxy) is 1. The number of hydrogen-bond acceptors (Lipinski definition) is 8. The summed E-state index contributed by atoms with van der Waals surface area (Å²) in [7, 11) is 1.53. The van der Waals surface area contributed by atoms with Crippen LogP contribution in [-0.2, 0) is 36.9 Å². The third-order valence-corrected chi connectivity index (χ3v) is 8.88. The number of carbonyl (C=O) groups is 6. The number of carbonyl (C=O) groups excluding carboxylic acids is 6. The van der Waals surface area contributed by atoms with Crippen molar-refractivity contribution in [3.8, 4) is 5.75 Å². The van der Waals surface area contributed by atoms with Gasteiger partial charge in [0.1, 0.15) is 29.6 Å². The largest absolute Gasteiger partial charge is 0.496 e. The molecule has 54 heavy (non-hydrogen) atoms. The first-order valence-electron chi connectivity index (χ1n) is 18.0. The first-order valence-corrected chi connectivity index (χ1v) is 18.0. The Labute approximate surface area is 314 Å². The smallest absolute Gasteiger partial charge is 0.289 e. The summed E-state index contributed by atoms with van der Waals surface area (Å²) < 4.78 is 5.38. The van der Waals surface area contributed by atoms with Crippen LogP contribution in [0, 0.1) is 0 Å². The van der Waals surface area contributed by atoms with E-state index in [0.29, 0.717) is 42.5 Å². The third kappa shape index (κ3) is 11.7.